The van der Waals surface area contributed by atoms with Crippen molar-refractivity contribution in [3.05, 3.63) is 0 Å². The molecule has 1 atom stereocenters. The standard InChI is InChI=1S/C18H36O2/c1-6-11-16(17(19)20-15-10-5)18(12-7-2,13-8-3)14-9-4/h16H,6-15H2,1-5H3. The fraction of sp³-hybridized carbons (Fsp3) is 0.944. The lowest BCUT2D eigenvalue weighted by Crippen LogP contribution is -2.37. The molecule has 0 aromatic carbocycles. The van der Waals surface area contributed by atoms with Crippen LogP contribution < -0.4 is 0 Å². The Morgan fingerprint density at radius 2 is 1.35 bits per heavy atom. The molecule has 0 rings (SSSR count). The van der Waals surface area contributed by atoms with Gasteiger partial charge in [-0.15, -0.1) is 0 Å². The Bertz CT molecular complexity index is 231. The lowest BCUT2D eigenvalue weighted by molar-refractivity contribution is -0.155. The van der Waals surface area contributed by atoms with Gasteiger partial charge in [-0.2, -0.15) is 0 Å². The summed E-state index contributed by atoms with van der Waals surface area (Å²) in [4.78, 5) is 12.5. The second-order valence-corrected chi connectivity index (χ2v) is 6.12. The molecule has 0 bridgehead atoms. The van der Waals surface area contributed by atoms with E-state index in [1.54, 1.807) is 0 Å². The van der Waals surface area contributed by atoms with Crippen LogP contribution in [0.3, 0.4) is 0 Å². The molecule has 0 fully saturated rings. The maximum atomic E-state index is 12.5. The van der Waals surface area contributed by atoms with Gasteiger partial charge in [-0.3, -0.25) is 4.79 Å². The normalized spacial score (nSPS) is 13.2. The molecule has 0 aromatic heterocycles. The highest BCUT2D eigenvalue weighted by Gasteiger charge is 2.41. The Balaban J connectivity index is 5.19. The molecular weight excluding hydrogens is 248 g/mol. The molecule has 0 N–H and O–H groups in total. The molecule has 20 heavy (non-hydrogen) atoms. The summed E-state index contributed by atoms with van der Waals surface area (Å²) in [5, 5.41) is 0. The molecule has 1 unspecified atom stereocenters. The van der Waals surface area contributed by atoms with E-state index in [1.165, 1.54) is 0 Å². The summed E-state index contributed by atoms with van der Waals surface area (Å²) in [6.45, 7) is 11.5. The second-order valence-electron chi connectivity index (χ2n) is 6.12. The van der Waals surface area contributed by atoms with E-state index >= 15 is 0 Å². The number of hydrogen-bond acceptors (Lipinski definition) is 2. The first-order chi connectivity index (χ1) is 9.61. The molecule has 0 amide bonds. The van der Waals surface area contributed by atoms with E-state index in [-0.39, 0.29) is 17.3 Å². The highest BCUT2D eigenvalue weighted by atomic mass is 16.5. The van der Waals surface area contributed by atoms with Crippen molar-refractivity contribution >= 4 is 5.97 Å². The van der Waals surface area contributed by atoms with Crippen molar-refractivity contribution in [2.75, 3.05) is 6.61 Å². The van der Waals surface area contributed by atoms with E-state index in [0.29, 0.717) is 6.61 Å². The number of hydrogen-bond donors (Lipinski definition) is 0. The summed E-state index contributed by atoms with van der Waals surface area (Å²) in [5.74, 6) is 0.156. The van der Waals surface area contributed by atoms with Crippen LogP contribution in [0.5, 0.6) is 0 Å². The largest absolute Gasteiger partial charge is 0.465 e. The maximum absolute atomic E-state index is 12.5. The van der Waals surface area contributed by atoms with Gasteiger partial charge in [0.05, 0.1) is 12.5 Å². The predicted octanol–water partition coefficient (Wildman–Crippen LogP) is 5.74. The first kappa shape index (κ1) is 19.5. The van der Waals surface area contributed by atoms with E-state index in [9.17, 15) is 4.79 Å². The van der Waals surface area contributed by atoms with E-state index < -0.39 is 0 Å². The molecule has 0 aliphatic carbocycles. The Kier molecular flexibility index (Phi) is 10.9. The highest BCUT2D eigenvalue weighted by Crippen LogP contribution is 2.45. The summed E-state index contributed by atoms with van der Waals surface area (Å²) in [7, 11) is 0. The monoisotopic (exact) mass is 284 g/mol. The van der Waals surface area contributed by atoms with Crippen LogP contribution in [0.1, 0.15) is 92.4 Å². The van der Waals surface area contributed by atoms with Crippen molar-refractivity contribution in [3.63, 3.8) is 0 Å². The highest BCUT2D eigenvalue weighted by molar-refractivity contribution is 5.73. The van der Waals surface area contributed by atoms with Gasteiger partial charge in [-0.25, -0.2) is 0 Å². The Morgan fingerprint density at radius 3 is 1.70 bits per heavy atom. The van der Waals surface area contributed by atoms with Crippen molar-refractivity contribution < 1.29 is 9.53 Å². The van der Waals surface area contributed by atoms with Gasteiger partial charge in [0, 0.05) is 0 Å². The van der Waals surface area contributed by atoms with Crippen LogP contribution in [0.2, 0.25) is 0 Å². The molecular formula is C18H36O2. The number of carbonyl (C=O) groups excluding carboxylic acids is 1. The summed E-state index contributed by atoms with van der Waals surface area (Å²) >= 11 is 0. The van der Waals surface area contributed by atoms with Crippen molar-refractivity contribution in [2.24, 2.45) is 11.3 Å². The van der Waals surface area contributed by atoms with Crippen LogP contribution in [0.4, 0.5) is 0 Å². The topological polar surface area (TPSA) is 26.3 Å². The number of rotatable bonds is 12. The Hall–Kier alpha value is -0.530. The molecule has 2 heteroatoms. The predicted molar refractivity (Wildman–Crippen MR) is 86.8 cm³/mol. The second kappa shape index (κ2) is 11.2. The number of carbonyl (C=O) groups is 1. The SMILES string of the molecule is CCCOC(=O)C(CCC)C(CCC)(CCC)CCC. The molecule has 0 spiro atoms. The first-order valence-corrected chi connectivity index (χ1v) is 8.78. The van der Waals surface area contributed by atoms with Crippen LogP contribution in [-0.4, -0.2) is 12.6 Å². The van der Waals surface area contributed by atoms with Crippen LogP contribution >= 0.6 is 0 Å². The zero-order chi connectivity index (χ0) is 15.4. The van der Waals surface area contributed by atoms with E-state index in [4.69, 9.17) is 4.74 Å². The minimum atomic E-state index is 0.0593. The summed E-state index contributed by atoms with van der Waals surface area (Å²) in [6, 6.07) is 0. The molecule has 0 saturated carbocycles. The van der Waals surface area contributed by atoms with Crippen LogP contribution in [0.25, 0.3) is 0 Å². The van der Waals surface area contributed by atoms with Crippen molar-refractivity contribution in [1.82, 2.24) is 0 Å². The quantitative estimate of drug-likeness (QED) is 0.427. The maximum Gasteiger partial charge on any atom is 0.309 e. The van der Waals surface area contributed by atoms with Crippen molar-refractivity contribution in [2.45, 2.75) is 92.4 Å². The summed E-state index contributed by atoms with van der Waals surface area (Å²) in [5.41, 5.74) is 0.166. The van der Waals surface area contributed by atoms with Crippen LogP contribution in [-0.2, 0) is 9.53 Å². The van der Waals surface area contributed by atoms with Gasteiger partial charge >= 0.3 is 5.97 Å². The summed E-state index contributed by atoms with van der Waals surface area (Å²) < 4.78 is 5.51. The first-order valence-electron chi connectivity index (χ1n) is 8.78. The number of esters is 1. The molecule has 0 heterocycles. The fourth-order valence-electron chi connectivity index (χ4n) is 3.66. The van der Waals surface area contributed by atoms with Gasteiger partial charge < -0.3 is 4.74 Å². The van der Waals surface area contributed by atoms with Crippen LogP contribution in [0.15, 0.2) is 0 Å². The molecule has 0 aromatic rings. The zero-order valence-corrected chi connectivity index (χ0v) is 14.5. The lowest BCUT2D eigenvalue weighted by atomic mass is 9.65. The summed E-state index contributed by atoms with van der Waals surface area (Å²) in [6.07, 6.45) is 9.87. The Morgan fingerprint density at radius 1 is 0.850 bits per heavy atom. The van der Waals surface area contributed by atoms with Gasteiger partial charge in [0.25, 0.3) is 0 Å². The third-order valence-corrected chi connectivity index (χ3v) is 4.29. The van der Waals surface area contributed by atoms with Gasteiger partial charge in [-0.1, -0.05) is 60.3 Å². The molecule has 120 valence electrons. The fourth-order valence-corrected chi connectivity index (χ4v) is 3.66. The molecule has 0 radical (unpaired) electrons. The molecule has 0 aliphatic rings. The molecule has 2 nitrogen and oxygen atoms in total. The molecule has 0 saturated heterocycles. The van der Waals surface area contributed by atoms with Gasteiger partial charge in [0.15, 0.2) is 0 Å². The van der Waals surface area contributed by atoms with Gasteiger partial charge in [0.1, 0.15) is 0 Å². The van der Waals surface area contributed by atoms with Crippen molar-refractivity contribution in [3.8, 4) is 0 Å². The number of ether oxygens (including phenoxy) is 1. The lowest BCUT2D eigenvalue weighted by Gasteiger charge is -2.40. The molecule has 0 aliphatic heterocycles. The van der Waals surface area contributed by atoms with E-state index in [1.807, 2.05) is 0 Å². The van der Waals surface area contributed by atoms with Gasteiger partial charge in [-0.05, 0) is 37.5 Å². The minimum Gasteiger partial charge on any atom is -0.465 e. The van der Waals surface area contributed by atoms with E-state index in [0.717, 1.165) is 57.8 Å². The average Bonchev–Trinajstić information content (AvgIpc) is 2.42. The van der Waals surface area contributed by atoms with Crippen molar-refractivity contribution in [1.29, 1.82) is 0 Å². The van der Waals surface area contributed by atoms with Gasteiger partial charge in [0.2, 0.25) is 0 Å². The zero-order valence-electron chi connectivity index (χ0n) is 14.5. The van der Waals surface area contributed by atoms with E-state index in [2.05, 4.69) is 34.6 Å². The van der Waals surface area contributed by atoms with Crippen LogP contribution in [0, 0.1) is 11.3 Å². The Labute approximate surface area is 126 Å². The third-order valence-electron chi connectivity index (χ3n) is 4.29. The average molecular weight is 284 g/mol. The minimum absolute atomic E-state index is 0.0593. The smallest absolute Gasteiger partial charge is 0.309 e. The third kappa shape index (κ3) is 5.85.